The summed E-state index contributed by atoms with van der Waals surface area (Å²) < 4.78 is 7.21. The van der Waals surface area contributed by atoms with E-state index in [0.717, 1.165) is 16.5 Å². The van der Waals surface area contributed by atoms with E-state index in [1.165, 1.54) is 0 Å². The fraction of sp³-hybridized carbons (Fsp3) is 0.0909. The standard InChI is InChI=1S/C11H9N3O/c1-2-4-11-10(3-1)9(8-15-11)7-14-6-5-12-13-14/h1-6,8H,7H2. The number of aromatic nitrogens is 3. The van der Waals surface area contributed by atoms with Gasteiger partial charge in [0.05, 0.1) is 19.0 Å². The molecule has 0 saturated heterocycles. The molecule has 0 radical (unpaired) electrons. The third-order valence-corrected chi connectivity index (χ3v) is 2.37. The summed E-state index contributed by atoms with van der Waals surface area (Å²) >= 11 is 0. The van der Waals surface area contributed by atoms with E-state index in [2.05, 4.69) is 10.3 Å². The Morgan fingerprint density at radius 1 is 1.27 bits per heavy atom. The highest BCUT2D eigenvalue weighted by Crippen LogP contribution is 2.20. The summed E-state index contributed by atoms with van der Waals surface area (Å²) in [6, 6.07) is 7.97. The first-order chi connectivity index (χ1) is 7.43. The molecule has 2 aromatic heterocycles. The van der Waals surface area contributed by atoms with Gasteiger partial charge in [-0.1, -0.05) is 23.4 Å². The summed E-state index contributed by atoms with van der Waals surface area (Å²) in [5.41, 5.74) is 2.03. The second kappa shape index (κ2) is 3.24. The van der Waals surface area contributed by atoms with E-state index in [1.54, 1.807) is 17.1 Å². The highest BCUT2D eigenvalue weighted by atomic mass is 16.3. The summed E-state index contributed by atoms with van der Waals surface area (Å²) in [5.74, 6) is 0. The SMILES string of the molecule is c1ccc2c(Cn3ccnn3)coc2c1. The maximum Gasteiger partial charge on any atom is 0.134 e. The Morgan fingerprint density at radius 2 is 2.20 bits per heavy atom. The summed E-state index contributed by atoms with van der Waals surface area (Å²) in [4.78, 5) is 0. The van der Waals surface area contributed by atoms with Gasteiger partial charge in [-0.25, -0.2) is 4.68 Å². The largest absolute Gasteiger partial charge is 0.464 e. The van der Waals surface area contributed by atoms with Crippen molar-refractivity contribution in [3.8, 4) is 0 Å². The third kappa shape index (κ3) is 1.40. The number of hydrogen-bond donors (Lipinski definition) is 0. The third-order valence-electron chi connectivity index (χ3n) is 2.37. The fourth-order valence-electron chi connectivity index (χ4n) is 1.65. The van der Waals surface area contributed by atoms with Gasteiger partial charge in [0.1, 0.15) is 5.58 Å². The van der Waals surface area contributed by atoms with Crippen molar-refractivity contribution >= 4 is 11.0 Å². The number of furan rings is 1. The van der Waals surface area contributed by atoms with Gasteiger partial charge >= 0.3 is 0 Å². The van der Waals surface area contributed by atoms with E-state index in [-0.39, 0.29) is 0 Å². The topological polar surface area (TPSA) is 43.9 Å². The predicted molar refractivity (Wildman–Crippen MR) is 55.3 cm³/mol. The number of rotatable bonds is 2. The Morgan fingerprint density at radius 3 is 3.07 bits per heavy atom. The molecular formula is C11H9N3O. The first-order valence-electron chi connectivity index (χ1n) is 4.73. The van der Waals surface area contributed by atoms with Gasteiger partial charge in [-0.2, -0.15) is 0 Å². The lowest BCUT2D eigenvalue weighted by atomic mass is 10.2. The highest BCUT2D eigenvalue weighted by Gasteiger charge is 2.05. The molecule has 0 aliphatic carbocycles. The lowest BCUT2D eigenvalue weighted by molar-refractivity contribution is 0.595. The first kappa shape index (κ1) is 8.23. The van der Waals surface area contributed by atoms with E-state index in [1.807, 2.05) is 30.5 Å². The van der Waals surface area contributed by atoms with Gasteiger partial charge in [-0.05, 0) is 6.07 Å². The number of hydrogen-bond acceptors (Lipinski definition) is 3. The predicted octanol–water partition coefficient (Wildman–Crippen LogP) is 2.07. The molecule has 0 saturated carbocycles. The van der Waals surface area contributed by atoms with Crippen LogP contribution >= 0.6 is 0 Å². The van der Waals surface area contributed by atoms with Gasteiger partial charge in [0.25, 0.3) is 0 Å². The van der Waals surface area contributed by atoms with E-state index in [0.29, 0.717) is 6.54 Å². The van der Waals surface area contributed by atoms with E-state index >= 15 is 0 Å². The molecule has 15 heavy (non-hydrogen) atoms. The lowest BCUT2D eigenvalue weighted by Crippen LogP contribution is -1.99. The van der Waals surface area contributed by atoms with Crippen LogP contribution in [0.1, 0.15) is 5.56 Å². The molecule has 0 unspecified atom stereocenters. The van der Waals surface area contributed by atoms with Crippen molar-refractivity contribution in [1.82, 2.24) is 15.0 Å². The van der Waals surface area contributed by atoms with Crippen LogP contribution in [-0.4, -0.2) is 15.0 Å². The highest BCUT2D eigenvalue weighted by molar-refractivity contribution is 5.80. The lowest BCUT2D eigenvalue weighted by Gasteiger charge is -1.96. The Hall–Kier alpha value is -2.10. The molecule has 0 bridgehead atoms. The summed E-state index contributed by atoms with van der Waals surface area (Å²) in [6.07, 6.45) is 5.27. The van der Waals surface area contributed by atoms with Crippen molar-refractivity contribution in [3.05, 3.63) is 48.5 Å². The van der Waals surface area contributed by atoms with E-state index in [9.17, 15) is 0 Å². The van der Waals surface area contributed by atoms with Crippen molar-refractivity contribution in [2.75, 3.05) is 0 Å². The zero-order valence-corrected chi connectivity index (χ0v) is 8.00. The van der Waals surface area contributed by atoms with Crippen molar-refractivity contribution < 1.29 is 4.42 Å². The van der Waals surface area contributed by atoms with Crippen molar-refractivity contribution in [2.24, 2.45) is 0 Å². The second-order valence-corrected chi connectivity index (χ2v) is 3.36. The van der Waals surface area contributed by atoms with Crippen LogP contribution in [0.4, 0.5) is 0 Å². The van der Waals surface area contributed by atoms with Gasteiger partial charge in [0.15, 0.2) is 0 Å². The van der Waals surface area contributed by atoms with E-state index in [4.69, 9.17) is 4.42 Å². The van der Waals surface area contributed by atoms with Crippen molar-refractivity contribution in [3.63, 3.8) is 0 Å². The van der Waals surface area contributed by atoms with Crippen LogP contribution in [0.15, 0.2) is 47.3 Å². The summed E-state index contributed by atoms with van der Waals surface area (Å²) in [7, 11) is 0. The molecule has 0 spiro atoms. The van der Waals surface area contributed by atoms with Crippen LogP contribution in [-0.2, 0) is 6.54 Å². The van der Waals surface area contributed by atoms with Crippen LogP contribution in [0, 0.1) is 0 Å². The zero-order valence-electron chi connectivity index (χ0n) is 8.00. The first-order valence-corrected chi connectivity index (χ1v) is 4.73. The molecule has 3 rings (SSSR count). The normalized spacial score (nSPS) is 10.9. The molecular weight excluding hydrogens is 190 g/mol. The van der Waals surface area contributed by atoms with Gasteiger partial charge < -0.3 is 4.42 Å². The number of benzene rings is 1. The van der Waals surface area contributed by atoms with Crippen LogP contribution in [0.25, 0.3) is 11.0 Å². The van der Waals surface area contributed by atoms with Crippen molar-refractivity contribution in [1.29, 1.82) is 0 Å². The second-order valence-electron chi connectivity index (χ2n) is 3.36. The Bertz CT molecular complexity index is 568. The van der Waals surface area contributed by atoms with Gasteiger partial charge in [0.2, 0.25) is 0 Å². The molecule has 0 atom stereocenters. The van der Waals surface area contributed by atoms with Crippen LogP contribution in [0.3, 0.4) is 0 Å². The number of fused-ring (bicyclic) bond motifs is 1. The average Bonchev–Trinajstić information content (AvgIpc) is 2.89. The van der Waals surface area contributed by atoms with Crippen LogP contribution in [0.2, 0.25) is 0 Å². The minimum absolute atomic E-state index is 0.691. The van der Waals surface area contributed by atoms with Crippen molar-refractivity contribution in [2.45, 2.75) is 6.54 Å². The molecule has 4 heteroatoms. The Labute approximate surface area is 86.1 Å². The molecule has 74 valence electrons. The molecule has 1 aromatic carbocycles. The summed E-state index contributed by atoms with van der Waals surface area (Å²) in [6.45, 7) is 0.691. The maximum absolute atomic E-state index is 5.44. The quantitative estimate of drug-likeness (QED) is 0.634. The molecule has 4 nitrogen and oxygen atoms in total. The minimum atomic E-state index is 0.691. The van der Waals surface area contributed by atoms with Crippen LogP contribution in [0.5, 0.6) is 0 Å². The monoisotopic (exact) mass is 199 g/mol. The number of nitrogens with zero attached hydrogens (tertiary/aromatic N) is 3. The van der Waals surface area contributed by atoms with Gasteiger partial charge in [-0.3, -0.25) is 0 Å². The molecule has 0 amide bonds. The van der Waals surface area contributed by atoms with Gasteiger partial charge in [0, 0.05) is 17.1 Å². The van der Waals surface area contributed by atoms with Crippen LogP contribution < -0.4 is 0 Å². The minimum Gasteiger partial charge on any atom is -0.464 e. The number of para-hydroxylation sites is 1. The smallest absolute Gasteiger partial charge is 0.134 e. The molecule has 0 fully saturated rings. The zero-order chi connectivity index (χ0) is 10.1. The van der Waals surface area contributed by atoms with Gasteiger partial charge in [-0.15, -0.1) is 5.10 Å². The maximum atomic E-state index is 5.44. The average molecular weight is 199 g/mol. The fourth-order valence-corrected chi connectivity index (χ4v) is 1.65. The Kier molecular flexibility index (Phi) is 1.78. The molecule has 0 aliphatic rings. The Balaban J connectivity index is 2.05. The molecule has 0 aliphatic heterocycles. The molecule has 3 aromatic rings. The molecule has 0 N–H and O–H groups in total. The molecule has 2 heterocycles. The summed E-state index contributed by atoms with van der Waals surface area (Å²) in [5, 5.41) is 8.82. The van der Waals surface area contributed by atoms with E-state index < -0.39 is 0 Å².